The van der Waals surface area contributed by atoms with Gasteiger partial charge in [0.25, 0.3) is 0 Å². The second kappa shape index (κ2) is 3.88. The highest BCUT2D eigenvalue weighted by Gasteiger charge is 2.51. The Kier molecular flexibility index (Phi) is 2.41. The van der Waals surface area contributed by atoms with Crippen LogP contribution in [0.15, 0.2) is 22.7 Å². The van der Waals surface area contributed by atoms with Crippen molar-refractivity contribution in [1.82, 2.24) is 10.1 Å². The maximum atomic E-state index is 13.4. The van der Waals surface area contributed by atoms with Crippen LogP contribution in [0.5, 0.6) is 0 Å². The fourth-order valence-electron chi connectivity index (χ4n) is 2.37. The Morgan fingerprint density at radius 3 is 2.79 bits per heavy atom. The molecule has 2 N–H and O–H groups in total. The molecule has 1 aliphatic carbocycles. The van der Waals surface area contributed by atoms with E-state index in [4.69, 9.17) is 10.3 Å². The van der Waals surface area contributed by atoms with Gasteiger partial charge in [0.15, 0.2) is 5.82 Å². The average molecular weight is 261 g/mol. The lowest BCUT2D eigenvalue weighted by atomic mass is 9.91. The number of amides is 1. The summed E-state index contributed by atoms with van der Waals surface area (Å²) in [6, 6.07) is 4.63. The van der Waals surface area contributed by atoms with Crippen LogP contribution in [0.4, 0.5) is 4.39 Å². The number of carbonyl (C=O) groups excluding carboxylic acids is 1. The molecule has 6 heteroatoms. The molecule has 98 valence electrons. The number of halogens is 1. The summed E-state index contributed by atoms with van der Waals surface area (Å²) in [5.41, 5.74) is 6.45. The highest BCUT2D eigenvalue weighted by molar-refractivity contribution is 5.87. The first-order valence-corrected chi connectivity index (χ1v) is 5.93. The first-order valence-electron chi connectivity index (χ1n) is 5.93. The van der Waals surface area contributed by atoms with Gasteiger partial charge in [-0.05, 0) is 43.0 Å². The van der Waals surface area contributed by atoms with E-state index in [1.54, 1.807) is 6.07 Å². The number of benzene rings is 1. The minimum Gasteiger partial charge on any atom is -0.361 e. The van der Waals surface area contributed by atoms with Gasteiger partial charge in [0, 0.05) is 0 Å². The normalized spacial score (nSPS) is 16.3. The van der Waals surface area contributed by atoms with E-state index in [1.807, 2.05) is 6.92 Å². The quantitative estimate of drug-likeness (QED) is 0.911. The summed E-state index contributed by atoms with van der Waals surface area (Å²) in [7, 11) is 0. The van der Waals surface area contributed by atoms with Crippen molar-refractivity contribution in [3.05, 3.63) is 46.9 Å². The zero-order chi connectivity index (χ0) is 13.6. The van der Waals surface area contributed by atoms with Crippen LogP contribution in [-0.2, 0) is 5.41 Å². The molecule has 1 fully saturated rings. The number of aromatic nitrogens is 2. The van der Waals surface area contributed by atoms with Gasteiger partial charge in [-0.1, -0.05) is 11.2 Å². The molecular weight excluding hydrogens is 249 g/mol. The molecule has 1 heterocycles. The molecule has 0 atom stereocenters. The molecule has 1 amide bonds. The third-order valence-electron chi connectivity index (χ3n) is 3.53. The zero-order valence-electron chi connectivity index (χ0n) is 10.3. The van der Waals surface area contributed by atoms with E-state index in [0.717, 1.165) is 24.0 Å². The molecule has 0 radical (unpaired) electrons. The molecule has 0 saturated heterocycles. The van der Waals surface area contributed by atoms with Crippen LogP contribution in [0.25, 0.3) is 0 Å². The monoisotopic (exact) mass is 261 g/mol. The van der Waals surface area contributed by atoms with E-state index >= 15 is 0 Å². The first-order chi connectivity index (χ1) is 9.03. The van der Waals surface area contributed by atoms with Crippen molar-refractivity contribution >= 4 is 5.91 Å². The Labute approximate surface area is 108 Å². The van der Waals surface area contributed by atoms with Gasteiger partial charge in [0.1, 0.15) is 5.82 Å². The number of nitrogens with two attached hydrogens (primary N) is 1. The fourth-order valence-corrected chi connectivity index (χ4v) is 2.37. The SMILES string of the molecule is Cc1ccc(F)cc1C1(c2noc(C(N)=O)n2)CC1. The molecule has 1 saturated carbocycles. The number of hydrogen-bond acceptors (Lipinski definition) is 4. The lowest BCUT2D eigenvalue weighted by molar-refractivity contribution is 0.0958. The summed E-state index contributed by atoms with van der Waals surface area (Å²) in [6.45, 7) is 1.91. The van der Waals surface area contributed by atoms with Crippen molar-refractivity contribution in [1.29, 1.82) is 0 Å². The highest BCUT2D eigenvalue weighted by Crippen LogP contribution is 2.53. The Balaban J connectivity index is 2.07. The standard InChI is InChI=1S/C13H12FN3O2/c1-7-2-3-8(14)6-9(7)13(4-5-13)12-16-11(10(15)18)19-17-12/h2-3,6H,4-5H2,1H3,(H2,15,18). The largest absolute Gasteiger partial charge is 0.361 e. The third-order valence-corrected chi connectivity index (χ3v) is 3.53. The number of carbonyl (C=O) groups is 1. The minimum atomic E-state index is -0.759. The van der Waals surface area contributed by atoms with E-state index in [0.29, 0.717) is 5.82 Å². The lowest BCUT2D eigenvalue weighted by Gasteiger charge is -2.14. The van der Waals surface area contributed by atoms with Crippen molar-refractivity contribution in [2.24, 2.45) is 5.73 Å². The van der Waals surface area contributed by atoms with Crippen LogP contribution >= 0.6 is 0 Å². The number of rotatable bonds is 3. The van der Waals surface area contributed by atoms with E-state index in [9.17, 15) is 9.18 Å². The number of nitrogens with zero attached hydrogens (tertiary/aromatic N) is 2. The molecular formula is C13H12FN3O2. The Bertz CT molecular complexity index is 662. The highest BCUT2D eigenvalue weighted by atomic mass is 19.1. The second-order valence-electron chi connectivity index (χ2n) is 4.83. The van der Waals surface area contributed by atoms with E-state index in [2.05, 4.69) is 10.1 Å². The number of primary amides is 1. The van der Waals surface area contributed by atoms with Gasteiger partial charge >= 0.3 is 11.8 Å². The molecule has 2 aromatic rings. The zero-order valence-corrected chi connectivity index (χ0v) is 10.3. The van der Waals surface area contributed by atoms with E-state index < -0.39 is 11.3 Å². The Morgan fingerprint density at radius 1 is 1.47 bits per heavy atom. The molecule has 3 rings (SSSR count). The molecule has 1 aliphatic rings. The van der Waals surface area contributed by atoms with Crippen molar-refractivity contribution in [3.8, 4) is 0 Å². The summed E-state index contributed by atoms with van der Waals surface area (Å²) in [4.78, 5) is 15.0. The first kappa shape index (κ1) is 11.8. The molecule has 19 heavy (non-hydrogen) atoms. The molecule has 0 bridgehead atoms. The molecule has 1 aromatic heterocycles. The van der Waals surface area contributed by atoms with Crippen molar-refractivity contribution < 1.29 is 13.7 Å². The van der Waals surface area contributed by atoms with Crippen LogP contribution in [0.2, 0.25) is 0 Å². The molecule has 1 aromatic carbocycles. The number of hydrogen-bond donors (Lipinski definition) is 1. The van der Waals surface area contributed by atoms with Crippen molar-refractivity contribution in [2.45, 2.75) is 25.2 Å². The second-order valence-corrected chi connectivity index (χ2v) is 4.83. The maximum absolute atomic E-state index is 13.4. The van der Waals surface area contributed by atoms with Gasteiger partial charge in [0.2, 0.25) is 0 Å². The van der Waals surface area contributed by atoms with Gasteiger partial charge in [-0.25, -0.2) is 4.39 Å². The van der Waals surface area contributed by atoms with Crippen LogP contribution in [-0.4, -0.2) is 16.0 Å². The van der Waals surface area contributed by atoms with Gasteiger partial charge in [-0.2, -0.15) is 4.98 Å². The van der Waals surface area contributed by atoms with Gasteiger partial charge in [-0.3, -0.25) is 4.79 Å². The van der Waals surface area contributed by atoms with E-state index in [-0.39, 0.29) is 11.7 Å². The predicted molar refractivity (Wildman–Crippen MR) is 64.0 cm³/mol. The Hall–Kier alpha value is -2.24. The van der Waals surface area contributed by atoms with Crippen molar-refractivity contribution in [3.63, 3.8) is 0 Å². The smallest absolute Gasteiger partial charge is 0.315 e. The summed E-state index contributed by atoms with van der Waals surface area (Å²) < 4.78 is 18.2. The molecule has 5 nitrogen and oxygen atoms in total. The maximum Gasteiger partial charge on any atom is 0.315 e. The molecule has 0 unspecified atom stereocenters. The Morgan fingerprint density at radius 2 is 2.21 bits per heavy atom. The van der Waals surface area contributed by atoms with Crippen molar-refractivity contribution in [2.75, 3.05) is 0 Å². The predicted octanol–water partition coefficient (Wildman–Crippen LogP) is 1.70. The van der Waals surface area contributed by atoms with Crippen LogP contribution in [0, 0.1) is 12.7 Å². The van der Waals surface area contributed by atoms with Crippen LogP contribution in [0.1, 0.15) is 40.5 Å². The van der Waals surface area contributed by atoms with E-state index in [1.165, 1.54) is 12.1 Å². The molecule has 0 aliphatic heterocycles. The van der Waals surface area contributed by atoms with Crippen LogP contribution < -0.4 is 5.73 Å². The average Bonchev–Trinajstić information content (AvgIpc) is 3.01. The van der Waals surface area contributed by atoms with Gasteiger partial charge in [0.05, 0.1) is 5.41 Å². The minimum absolute atomic E-state index is 0.213. The summed E-state index contributed by atoms with van der Waals surface area (Å²) in [6.07, 6.45) is 1.60. The summed E-state index contributed by atoms with van der Waals surface area (Å²) in [5, 5.41) is 3.81. The van der Waals surface area contributed by atoms with Crippen LogP contribution in [0.3, 0.4) is 0 Å². The van der Waals surface area contributed by atoms with Gasteiger partial charge < -0.3 is 10.3 Å². The topological polar surface area (TPSA) is 82.0 Å². The lowest BCUT2D eigenvalue weighted by Crippen LogP contribution is -2.15. The summed E-state index contributed by atoms with van der Waals surface area (Å²) in [5.74, 6) is -0.874. The number of aryl methyl sites for hydroxylation is 1. The third kappa shape index (κ3) is 1.80. The molecule has 0 spiro atoms. The fraction of sp³-hybridized carbons (Fsp3) is 0.308. The van der Waals surface area contributed by atoms with Gasteiger partial charge in [-0.15, -0.1) is 0 Å². The summed E-state index contributed by atoms with van der Waals surface area (Å²) >= 11 is 0.